The van der Waals surface area contributed by atoms with Crippen LogP contribution in [-0.4, -0.2) is 31.8 Å². The van der Waals surface area contributed by atoms with Crippen molar-refractivity contribution in [2.45, 2.75) is 58.9 Å². The van der Waals surface area contributed by atoms with Gasteiger partial charge in [-0.25, -0.2) is 4.57 Å². The molecule has 0 bridgehead atoms. The molecule has 162 valence electrons. The van der Waals surface area contributed by atoms with E-state index in [9.17, 15) is 8.42 Å². The van der Waals surface area contributed by atoms with Gasteiger partial charge in [0.15, 0.2) is 0 Å². The van der Waals surface area contributed by atoms with Gasteiger partial charge in [0.2, 0.25) is 0 Å². The summed E-state index contributed by atoms with van der Waals surface area (Å²) in [6, 6.07) is 4.37. The van der Waals surface area contributed by atoms with Crippen molar-refractivity contribution in [2.75, 3.05) is 23.7 Å². The molecular formula is C21H29N4O3S2+. The van der Waals surface area contributed by atoms with Crippen LogP contribution in [0, 0.1) is 13.8 Å². The first-order valence-corrected chi connectivity index (χ1v) is 13.0. The van der Waals surface area contributed by atoms with Gasteiger partial charge >= 0.3 is 5.13 Å². The zero-order valence-electron chi connectivity index (χ0n) is 17.6. The number of unbranched alkanes of at least 4 members (excludes halogenated alkanes) is 1. The van der Waals surface area contributed by atoms with Crippen molar-refractivity contribution in [1.29, 1.82) is 0 Å². The summed E-state index contributed by atoms with van der Waals surface area (Å²) in [6.07, 6.45) is 5.67. The Bertz CT molecular complexity index is 1050. The monoisotopic (exact) mass is 449 g/mol. The molecule has 7 nitrogen and oxygen atoms in total. The quantitative estimate of drug-likeness (QED) is 0.293. The van der Waals surface area contributed by atoms with Gasteiger partial charge in [-0.05, 0) is 92.1 Å². The minimum atomic E-state index is -3.91. The second kappa shape index (κ2) is 8.72. The lowest BCUT2D eigenvalue weighted by Gasteiger charge is -2.36. The van der Waals surface area contributed by atoms with Crippen LogP contribution in [0.25, 0.3) is 0 Å². The normalized spacial score (nSPS) is 16.3. The maximum Gasteiger partial charge on any atom is 0.408 e. The van der Waals surface area contributed by atoms with Gasteiger partial charge in [-0.3, -0.25) is 4.55 Å². The Kier molecular flexibility index (Phi) is 6.22. The summed E-state index contributed by atoms with van der Waals surface area (Å²) in [6.45, 7) is 7.08. The molecule has 1 N–H and O–H groups in total. The molecule has 4 rings (SSSR count). The number of anilines is 1. The highest BCUT2D eigenvalue weighted by atomic mass is 32.2. The lowest BCUT2D eigenvalue weighted by Crippen LogP contribution is -2.35. The molecule has 0 amide bonds. The fourth-order valence-corrected chi connectivity index (χ4v) is 5.96. The van der Waals surface area contributed by atoms with Crippen LogP contribution < -0.4 is 9.47 Å². The van der Waals surface area contributed by atoms with Gasteiger partial charge in [0.05, 0.1) is 22.3 Å². The fourth-order valence-electron chi connectivity index (χ4n) is 4.43. The van der Waals surface area contributed by atoms with Gasteiger partial charge in [-0.1, -0.05) is 0 Å². The van der Waals surface area contributed by atoms with Crippen molar-refractivity contribution < 1.29 is 17.5 Å². The Morgan fingerprint density at radius 1 is 1.10 bits per heavy atom. The van der Waals surface area contributed by atoms with Crippen LogP contribution in [0.2, 0.25) is 0 Å². The predicted octanol–water partition coefficient (Wildman–Crippen LogP) is 4.43. The standard InChI is InChI=1S/C21H28N4O3S2/c1-15-16(2)29-21(25(15)11-3-4-12-30(26,27)28)23-22-19-13-17-7-5-9-24-10-6-8-18(14-19)20(17)24/h13-14H,3-12H2,1-2H3/p+1. The van der Waals surface area contributed by atoms with Crippen molar-refractivity contribution in [3.8, 4) is 0 Å². The first kappa shape index (κ1) is 21.4. The van der Waals surface area contributed by atoms with Crippen LogP contribution in [-0.2, 0) is 29.5 Å². The molecule has 3 heterocycles. The van der Waals surface area contributed by atoms with E-state index in [0.29, 0.717) is 19.4 Å². The number of benzene rings is 1. The summed E-state index contributed by atoms with van der Waals surface area (Å²) < 4.78 is 32.9. The fraction of sp³-hybridized carbons (Fsp3) is 0.571. The molecule has 1 aromatic carbocycles. The Labute approximate surface area is 182 Å². The van der Waals surface area contributed by atoms with Gasteiger partial charge in [0.25, 0.3) is 10.1 Å². The molecule has 1 aromatic heterocycles. The van der Waals surface area contributed by atoms with Crippen LogP contribution in [0.1, 0.15) is 47.4 Å². The average molecular weight is 450 g/mol. The molecule has 0 atom stereocenters. The lowest BCUT2D eigenvalue weighted by atomic mass is 9.91. The summed E-state index contributed by atoms with van der Waals surface area (Å²) in [5, 5.41) is 9.98. The maximum atomic E-state index is 10.9. The van der Waals surface area contributed by atoms with Crippen LogP contribution in [0.4, 0.5) is 16.5 Å². The molecule has 2 aliphatic rings. The zero-order valence-corrected chi connectivity index (χ0v) is 19.2. The Hall–Kier alpha value is -1.84. The summed E-state index contributed by atoms with van der Waals surface area (Å²) >= 11 is 1.60. The third-order valence-electron chi connectivity index (χ3n) is 5.99. The van der Waals surface area contributed by atoms with E-state index in [0.717, 1.165) is 42.4 Å². The molecule has 0 aliphatic carbocycles. The van der Waals surface area contributed by atoms with Crippen molar-refractivity contribution in [3.63, 3.8) is 0 Å². The Morgan fingerprint density at radius 3 is 2.40 bits per heavy atom. The van der Waals surface area contributed by atoms with Crippen LogP contribution in [0.15, 0.2) is 22.4 Å². The second-order valence-electron chi connectivity index (χ2n) is 8.18. The average Bonchev–Trinajstić information content (AvgIpc) is 2.97. The number of aryl methyl sites for hydroxylation is 3. The third kappa shape index (κ3) is 4.73. The van der Waals surface area contributed by atoms with E-state index in [1.807, 2.05) is 6.92 Å². The Balaban J connectivity index is 1.54. The number of nitrogens with zero attached hydrogens (tertiary/aromatic N) is 4. The first-order chi connectivity index (χ1) is 14.3. The number of aromatic nitrogens is 1. The van der Waals surface area contributed by atoms with Gasteiger partial charge in [-0.15, -0.1) is 0 Å². The van der Waals surface area contributed by atoms with E-state index in [2.05, 4.69) is 38.8 Å². The van der Waals surface area contributed by atoms with Crippen LogP contribution in [0.5, 0.6) is 0 Å². The van der Waals surface area contributed by atoms with E-state index in [1.54, 1.807) is 11.3 Å². The lowest BCUT2D eigenvalue weighted by molar-refractivity contribution is -0.686. The molecular weight excluding hydrogens is 420 g/mol. The van der Waals surface area contributed by atoms with E-state index < -0.39 is 10.1 Å². The molecule has 2 aromatic rings. The molecule has 0 radical (unpaired) electrons. The number of azo groups is 1. The largest absolute Gasteiger partial charge is 0.408 e. The summed E-state index contributed by atoms with van der Waals surface area (Å²) in [7, 11) is -3.91. The highest BCUT2D eigenvalue weighted by molar-refractivity contribution is 7.85. The number of hydrogen-bond donors (Lipinski definition) is 1. The van der Waals surface area contributed by atoms with E-state index in [-0.39, 0.29) is 5.75 Å². The molecule has 2 aliphatic heterocycles. The highest BCUT2D eigenvalue weighted by Crippen LogP contribution is 2.38. The minimum absolute atomic E-state index is 0.207. The number of thiazole rings is 1. The SMILES string of the molecule is Cc1sc(N=Nc2cc3c4c(c2)CCCN4CCC3)[n+](CCCCS(=O)(=O)O)c1C. The van der Waals surface area contributed by atoms with Crippen LogP contribution in [0.3, 0.4) is 0 Å². The third-order valence-corrected chi connectivity index (χ3v) is 7.88. The van der Waals surface area contributed by atoms with Crippen LogP contribution >= 0.6 is 11.3 Å². The maximum absolute atomic E-state index is 10.9. The van der Waals surface area contributed by atoms with Crippen molar-refractivity contribution in [1.82, 2.24) is 0 Å². The first-order valence-electron chi connectivity index (χ1n) is 10.6. The smallest absolute Gasteiger partial charge is 0.371 e. The van der Waals surface area contributed by atoms with E-state index >= 15 is 0 Å². The molecule has 0 saturated heterocycles. The minimum Gasteiger partial charge on any atom is -0.371 e. The predicted molar refractivity (Wildman–Crippen MR) is 119 cm³/mol. The summed E-state index contributed by atoms with van der Waals surface area (Å²) in [5.74, 6) is -0.207. The van der Waals surface area contributed by atoms with Gasteiger partial charge in [0.1, 0.15) is 11.4 Å². The molecule has 0 unspecified atom stereocenters. The van der Waals surface area contributed by atoms with Crippen molar-refractivity contribution >= 4 is 38.0 Å². The van der Waals surface area contributed by atoms with Gasteiger partial charge in [0, 0.05) is 18.8 Å². The molecule has 0 spiro atoms. The summed E-state index contributed by atoms with van der Waals surface area (Å²) in [4.78, 5) is 3.69. The van der Waals surface area contributed by atoms with Gasteiger partial charge in [-0.2, -0.15) is 8.42 Å². The van der Waals surface area contributed by atoms with E-state index in [1.165, 1.54) is 34.5 Å². The number of rotatable bonds is 7. The zero-order chi connectivity index (χ0) is 21.3. The van der Waals surface area contributed by atoms with Crippen molar-refractivity contribution in [2.24, 2.45) is 10.2 Å². The second-order valence-corrected chi connectivity index (χ2v) is 10.9. The molecule has 9 heteroatoms. The molecule has 0 fully saturated rings. The van der Waals surface area contributed by atoms with Gasteiger partial charge < -0.3 is 4.90 Å². The molecule has 30 heavy (non-hydrogen) atoms. The highest BCUT2D eigenvalue weighted by Gasteiger charge is 2.25. The number of hydrogen-bond acceptors (Lipinski definition) is 6. The summed E-state index contributed by atoms with van der Waals surface area (Å²) in [5.41, 5.74) is 6.25. The molecule has 0 saturated carbocycles. The Morgan fingerprint density at radius 2 is 1.77 bits per heavy atom. The van der Waals surface area contributed by atoms with Crippen molar-refractivity contribution in [3.05, 3.63) is 33.8 Å². The topological polar surface area (TPSA) is 86.2 Å². The van der Waals surface area contributed by atoms with E-state index in [4.69, 9.17) is 4.55 Å².